The molecule has 0 saturated heterocycles. The molecular weight excluding hydrogens is 410 g/mol. The molecule has 3 N–H and O–H groups in total. The summed E-state index contributed by atoms with van der Waals surface area (Å²) in [6.07, 6.45) is 0.350. The van der Waals surface area contributed by atoms with Crippen molar-refractivity contribution in [3.8, 4) is 0 Å². The van der Waals surface area contributed by atoms with E-state index in [-0.39, 0.29) is 17.4 Å². The van der Waals surface area contributed by atoms with E-state index in [4.69, 9.17) is 9.47 Å². The summed E-state index contributed by atoms with van der Waals surface area (Å²) in [5, 5.41) is 6.59. The lowest BCUT2D eigenvalue weighted by Crippen LogP contribution is -2.42. The molecule has 0 bridgehead atoms. The molecule has 0 aliphatic rings. The summed E-state index contributed by atoms with van der Waals surface area (Å²) < 4.78 is 10.1. The first-order chi connectivity index (χ1) is 14.2. The molecule has 2 aromatic heterocycles. The van der Waals surface area contributed by atoms with Crippen molar-refractivity contribution in [2.24, 2.45) is 0 Å². The van der Waals surface area contributed by atoms with Crippen molar-refractivity contribution >= 4 is 35.2 Å². The minimum Gasteiger partial charge on any atom is -0.459 e. The topological polar surface area (TPSA) is 127 Å². The van der Waals surface area contributed by atoms with E-state index in [1.54, 1.807) is 39.0 Å². The van der Waals surface area contributed by atoms with E-state index in [1.807, 2.05) is 17.5 Å². The molecule has 0 aliphatic carbocycles. The lowest BCUT2D eigenvalue weighted by molar-refractivity contribution is -0.123. The molecule has 2 aromatic rings. The van der Waals surface area contributed by atoms with Crippen LogP contribution in [0.5, 0.6) is 0 Å². The molecule has 9 nitrogen and oxygen atoms in total. The van der Waals surface area contributed by atoms with Crippen LogP contribution in [0.15, 0.2) is 17.5 Å². The zero-order valence-corrected chi connectivity index (χ0v) is 18.1. The van der Waals surface area contributed by atoms with Crippen LogP contribution in [0.2, 0.25) is 0 Å². The normalized spacial score (nSPS) is 10.6. The predicted octanol–water partition coefficient (Wildman–Crippen LogP) is 2.48. The third kappa shape index (κ3) is 6.45. The molecule has 162 valence electrons. The summed E-state index contributed by atoms with van der Waals surface area (Å²) in [5.41, 5.74) is 1.14. The highest BCUT2D eigenvalue weighted by molar-refractivity contribution is 7.09. The quantitative estimate of drug-likeness (QED) is 0.547. The molecule has 0 saturated carbocycles. The lowest BCUT2D eigenvalue weighted by atomic mass is 10.1. The van der Waals surface area contributed by atoms with E-state index in [2.05, 4.69) is 15.6 Å². The number of amides is 3. The molecule has 0 fully saturated rings. The van der Waals surface area contributed by atoms with E-state index in [9.17, 15) is 19.2 Å². The highest BCUT2D eigenvalue weighted by atomic mass is 32.1. The summed E-state index contributed by atoms with van der Waals surface area (Å²) in [7, 11) is 0. The van der Waals surface area contributed by atoms with Crippen LogP contribution in [0.1, 0.15) is 50.8 Å². The molecule has 2 rings (SSSR count). The number of hydrogen-bond donors (Lipinski definition) is 3. The van der Waals surface area contributed by atoms with Gasteiger partial charge in [-0.15, -0.1) is 11.3 Å². The highest BCUT2D eigenvalue weighted by Crippen LogP contribution is 2.20. The summed E-state index contributed by atoms with van der Waals surface area (Å²) in [6.45, 7) is 6.39. The Morgan fingerprint density at radius 1 is 1.17 bits per heavy atom. The van der Waals surface area contributed by atoms with E-state index in [0.29, 0.717) is 24.2 Å². The Labute approximate surface area is 178 Å². The van der Waals surface area contributed by atoms with Crippen molar-refractivity contribution in [1.82, 2.24) is 15.6 Å². The molecule has 0 atom stereocenters. The van der Waals surface area contributed by atoms with Gasteiger partial charge >= 0.3 is 18.0 Å². The zero-order chi connectivity index (χ0) is 22.3. The van der Waals surface area contributed by atoms with Crippen molar-refractivity contribution in [3.05, 3.63) is 44.9 Å². The number of imide groups is 1. The van der Waals surface area contributed by atoms with Gasteiger partial charge in [-0.2, -0.15) is 0 Å². The number of ether oxygens (including phenoxy) is 2. The molecule has 3 amide bonds. The number of carbonyl (C=O) groups excluding carboxylic acids is 4. The number of aryl methyl sites for hydroxylation is 1. The Hall–Kier alpha value is -3.14. The first-order valence-corrected chi connectivity index (χ1v) is 10.2. The molecule has 0 unspecified atom stereocenters. The van der Waals surface area contributed by atoms with Gasteiger partial charge in [0, 0.05) is 17.1 Å². The number of H-pyrrole nitrogens is 1. The van der Waals surface area contributed by atoms with Crippen molar-refractivity contribution in [1.29, 1.82) is 0 Å². The smallest absolute Gasteiger partial charge is 0.355 e. The first kappa shape index (κ1) is 23.1. The Kier molecular flexibility index (Phi) is 8.16. The predicted molar refractivity (Wildman–Crippen MR) is 111 cm³/mol. The number of urea groups is 1. The minimum absolute atomic E-state index is 0.0522. The van der Waals surface area contributed by atoms with Crippen molar-refractivity contribution in [2.75, 3.05) is 13.2 Å². The minimum atomic E-state index is -0.813. The van der Waals surface area contributed by atoms with Gasteiger partial charge in [0.2, 0.25) is 0 Å². The number of hydrogen-bond acceptors (Lipinski definition) is 7. The summed E-state index contributed by atoms with van der Waals surface area (Å²) in [5.74, 6) is -2.13. The average molecular weight is 436 g/mol. The number of esters is 2. The zero-order valence-electron chi connectivity index (χ0n) is 17.3. The molecule has 0 spiro atoms. The second-order valence-electron chi connectivity index (χ2n) is 6.79. The Bertz CT molecular complexity index is 917. The maximum Gasteiger partial charge on any atom is 0.355 e. The third-order valence-electron chi connectivity index (χ3n) is 4.01. The monoisotopic (exact) mass is 435 g/mol. The van der Waals surface area contributed by atoms with Crippen LogP contribution >= 0.6 is 11.3 Å². The van der Waals surface area contributed by atoms with Gasteiger partial charge in [-0.05, 0) is 51.1 Å². The van der Waals surface area contributed by atoms with E-state index in [1.165, 1.54) is 0 Å². The third-order valence-corrected chi connectivity index (χ3v) is 4.95. The van der Waals surface area contributed by atoms with Gasteiger partial charge in [0.25, 0.3) is 5.91 Å². The van der Waals surface area contributed by atoms with E-state index >= 15 is 0 Å². The molecule has 0 radical (unpaired) electrons. The van der Waals surface area contributed by atoms with Gasteiger partial charge in [-0.3, -0.25) is 10.1 Å². The molecular formula is C20H25N3O6S. The van der Waals surface area contributed by atoms with Gasteiger partial charge in [0.1, 0.15) is 5.69 Å². The Morgan fingerprint density at radius 3 is 2.53 bits per heavy atom. The molecule has 30 heavy (non-hydrogen) atoms. The average Bonchev–Trinajstić information content (AvgIpc) is 3.26. The van der Waals surface area contributed by atoms with Crippen LogP contribution < -0.4 is 10.6 Å². The van der Waals surface area contributed by atoms with Crippen LogP contribution in [0.25, 0.3) is 0 Å². The van der Waals surface area contributed by atoms with Gasteiger partial charge in [0.15, 0.2) is 6.61 Å². The molecule has 2 heterocycles. The fourth-order valence-corrected chi connectivity index (χ4v) is 3.41. The fourth-order valence-electron chi connectivity index (χ4n) is 2.70. The molecule has 10 heteroatoms. The summed E-state index contributed by atoms with van der Waals surface area (Å²) in [4.78, 5) is 51.9. The SMILES string of the molecule is Cc1[nH]c(C(=O)OCC(=O)NC(=O)NCCc2cccs2)c(C)c1C(=O)OC(C)C. The number of carbonyl (C=O) groups is 4. The van der Waals surface area contributed by atoms with Crippen LogP contribution in [0, 0.1) is 13.8 Å². The molecule has 0 aromatic carbocycles. The standard InChI is InChI=1S/C20H25N3O6S/c1-11(2)29-18(25)16-12(3)17(22-13(16)4)19(26)28-10-15(24)23-20(27)21-8-7-14-6-5-9-30-14/h5-6,9,11,22H,7-8,10H2,1-4H3,(H2,21,23,24,27). The Morgan fingerprint density at radius 2 is 1.90 bits per heavy atom. The number of thiophene rings is 1. The number of aromatic amines is 1. The highest BCUT2D eigenvalue weighted by Gasteiger charge is 2.25. The summed E-state index contributed by atoms with van der Waals surface area (Å²) >= 11 is 1.58. The van der Waals surface area contributed by atoms with Crippen molar-refractivity contribution < 1.29 is 28.7 Å². The largest absolute Gasteiger partial charge is 0.459 e. The van der Waals surface area contributed by atoms with Crippen LogP contribution in [0.3, 0.4) is 0 Å². The van der Waals surface area contributed by atoms with Crippen LogP contribution in [-0.4, -0.2) is 48.1 Å². The maximum absolute atomic E-state index is 12.3. The van der Waals surface area contributed by atoms with Gasteiger partial charge in [-0.25, -0.2) is 14.4 Å². The lowest BCUT2D eigenvalue weighted by Gasteiger charge is -2.08. The van der Waals surface area contributed by atoms with Crippen LogP contribution in [-0.2, 0) is 20.7 Å². The van der Waals surface area contributed by atoms with Gasteiger partial charge < -0.3 is 19.8 Å². The first-order valence-electron chi connectivity index (χ1n) is 9.36. The van der Waals surface area contributed by atoms with E-state index < -0.39 is 30.5 Å². The number of nitrogens with one attached hydrogen (secondary N) is 3. The van der Waals surface area contributed by atoms with Crippen molar-refractivity contribution in [3.63, 3.8) is 0 Å². The van der Waals surface area contributed by atoms with E-state index in [0.717, 1.165) is 4.88 Å². The second-order valence-corrected chi connectivity index (χ2v) is 7.82. The Balaban J connectivity index is 1.82. The number of aromatic nitrogens is 1. The van der Waals surface area contributed by atoms with Gasteiger partial charge in [-0.1, -0.05) is 6.07 Å². The molecule has 0 aliphatic heterocycles. The number of rotatable bonds is 8. The second kappa shape index (κ2) is 10.6. The maximum atomic E-state index is 12.3. The van der Waals surface area contributed by atoms with Gasteiger partial charge in [0.05, 0.1) is 11.7 Å². The fraction of sp³-hybridized carbons (Fsp3) is 0.400. The van der Waals surface area contributed by atoms with Crippen molar-refractivity contribution in [2.45, 2.75) is 40.2 Å². The van der Waals surface area contributed by atoms with Crippen LogP contribution in [0.4, 0.5) is 4.79 Å². The summed E-state index contributed by atoms with van der Waals surface area (Å²) in [6, 6.07) is 3.20.